The maximum atomic E-state index is 10.5. The van der Waals surface area contributed by atoms with Crippen LogP contribution in [0.4, 0.5) is 0 Å². The second-order valence-corrected chi connectivity index (χ2v) is 10.2. The van der Waals surface area contributed by atoms with Crippen LogP contribution in [-0.2, 0) is 47.9 Å². The van der Waals surface area contributed by atoms with Gasteiger partial charge < -0.3 is 9.11 Å². The van der Waals surface area contributed by atoms with E-state index in [1.165, 1.54) is 36.4 Å². The van der Waals surface area contributed by atoms with Crippen molar-refractivity contribution in [3.63, 3.8) is 0 Å². The van der Waals surface area contributed by atoms with E-state index in [4.69, 9.17) is 0 Å². The Morgan fingerprint density at radius 1 is 0.600 bits per heavy atom. The molecule has 0 atom stereocenters. The third kappa shape index (κ3) is 8.77. The number of rotatable bonds is 2. The molecule has 0 amide bonds. The van der Waals surface area contributed by atoms with Gasteiger partial charge in [0.05, 0.1) is 9.79 Å². The molecule has 6 nitrogen and oxygen atoms in total. The van der Waals surface area contributed by atoms with Gasteiger partial charge in [0.15, 0.2) is 0 Å². The minimum atomic E-state index is -4.34. The summed E-state index contributed by atoms with van der Waals surface area (Å²) in [6, 6.07) is 8.00. The van der Waals surface area contributed by atoms with E-state index in [0.717, 1.165) is 0 Å². The maximum absolute atomic E-state index is 10.5. The topological polar surface area (TPSA) is 114 Å². The average Bonchev–Trinajstić information content (AvgIpc) is 2.43. The Morgan fingerprint density at radius 3 is 1.08 bits per heavy atom. The molecule has 0 saturated heterocycles. The maximum Gasteiger partial charge on any atom is 2.00 e. The van der Waals surface area contributed by atoms with Crippen molar-refractivity contribution in [3.8, 4) is 0 Å². The zero-order chi connectivity index (χ0) is 18.7. The molecule has 0 radical (unpaired) electrons. The van der Waals surface area contributed by atoms with Gasteiger partial charge in [0.25, 0.3) is 0 Å². The molecule has 2 aromatic carbocycles. The van der Waals surface area contributed by atoms with Gasteiger partial charge in [-0.25, -0.2) is 16.8 Å². The van der Waals surface area contributed by atoms with Crippen LogP contribution in [0.3, 0.4) is 0 Å². The summed E-state index contributed by atoms with van der Waals surface area (Å²) in [4.78, 5) is -0.477. The molecule has 2 aromatic rings. The molecule has 0 aliphatic rings. The quantitative estimate of drug-likeness (QED) is 0.331. The standard InChI is InChI=1S/2C6H4Br2O3S.Hg/c2*7-5-2-1-4(3-6(5)8)12(9,10)11;/h2*1-3H,(H,9,10,11);/q;;+2/p-2. The zero-order valence-corrected chi connectivity index (χ0v) is 25.4. The van der Waals surface area contributed by atoms with Crippen LogP contribution in [0.15, 0.2) is 64.1 Å². The van der Waals surface area contributed by atoms with Crippen LogP contribution in [0.2, 0.25) is 0 Å². The van der Waals surface area contributed by atoms with Gasteiger partial charge in [0.2, 0.25) is 0 Å². The molecule has 0 aliphatic heterocycles. The summed E-state index contributed by atoms with van der Waals surface area (Å²) in [7, 11) is -8.69. The Morgan fingerprint density at radius 2 is 0.880 bits per heavy atom. The van der Waals surface area contributed by atoms with Gasteiger partial charge in [-0.1, -0.05) is 0 Å². The summed E-state index contributed by atoms with van der Waals surface area (Å²) in [5.74, 6) is 0. The summed E-state index contributed by atoms with van der Waals surface area (Å²) in [5, 5.41) is 0. The van der Waals surface area contributed by atoms with Gasteiger partial charge in [-0.05, 0) is 100 Å². The largest absolute Gasteiger partial charge is 2.00 e. The molecule has 0 heterocycles. The van der Waals surface area contributed by atoms with Gasteiger partial charge in [-0.15, -0.1) is 0 Å². The van der Waals surface area contributed by atoms with Crippen LogP contribution >= 0.6 is 63.7 Å². The molecule has 2 rings (SSSR count). The first-order valence-corrected chi connectivity index (χ1v) is 11.6. The second-order valence-electron chi connectivity index (χ2n) is 4.06. The van der Waals surface area contributed by atoms with Crippen LogP contribution in [0.5, 0.6) is 0 Å². The molecule has 13 heteroatoms. The second kappa shape index (κ2) is 10.6. The van der Waals surface area contributed by atoms with Crippen LogP contribution < -0.4 is 0 Å². The van der Waals surface area contributed by atoms with Crippen molar-refractivity contribution in [2.45, 2.75) is 9.79 Å². The molecular weight excluding hydrogens is 824 g/mol. The van der Waals surface area contributed by atoms with Crippen molar-refractivity contribution in [3.05, 3.63) is 54.3 Å². The first-order chi connectivity index (χ1) is 10.8. The molecule has 0 saturated carbocycles. The van der Waals surface area contributed by atoms with Gasteiger partial charge in [0.1, 0.15) is 20.2 Å². The number of benzene rings is 2. The minimum Gasteiger partial charge on any atom is -0.744 e. The van der Waals surface area contributed by atoms with Crippen molar-refractivity contribution >= 4 is 84.0 Å². The van der Waals surface area contributed by atoms with E-state index in [9.17, 15) is 25.9 Å². The van der Waals surface area contributed by atoms with Gasteiger partial charge in [-0.2, -0.15) is 0 Å². The van der Waals surface area contributed by atoms with Crippen molar-refractivity contribution in [2.75, 3.05) is 0 Å². The fourth-order valence-electron chi connectivity index (χ4n) is 1.26. The molecule has 0 bridgehead atoms. The van der Waals surface area contributed by atoms with Gasteiger partial charge >= 0.3 is 27.7 Å². The van der Waals surface area contributed by atoms with E-state index in [2.05, 4.69) is 63.7 Å². The summed E-state index contributed by atoms with van der Waals surface area (Å²) in [5.41, 5.74) is 0. The number of halogens is 4. The van der Waals surface area contributed by atoms with Crippen LogP contribution in [0.1, 0.15) is 0 Å². The molecular formula is C12H6Br4HgO6S2. The predicted molar refractivity (Wildman–Crippen MR) is 99.6 cm³/mol. The van der Waals surface area contributed by atoms with Gasteiger partial charge in [0, 0.05) is 17.9 Å². The Bertz CT molecular complexity index is 884. The molecule has 0 unspecified atom stereocenters. The minimum absolute atomic E-state index is 0. The SMILES string of the molecule is O=S(=O)([O-])c1ccc(Br)c(Br)c1.O=S(=O)([O-])c1ccc(Br)c(Br)c1.[Hg+2]. The Kier molecular flexibility index (Phi) is 11.1. The van der Waals surface area contributed by atoms with E-state index < -0.39 is 20.2 Å². The first kappa shape index (κ1) is 26.1. The summed E-state index contributed by atoms with van der Waals surface area (Å²) >= 11 is 12.5. The van der Waals surface area contributed by atoms with Crippen LogP contribution in [-0.4, -0.2) is 25.9 Å². The molecule has 132 valence electrons. The monoisotopic (exact) mass is 828 g/mol. The van der Waals surface area contributed by atoms with Crippen LogP contribution in [0.25, 0.3) is 0 Å². The van der Waals surface area contributed by atoms with E-state index in [1.807, 2.05) is 0 Å². The zero-order valence-electron chi connectivity index (χ0n) is 11.9. The Labute approximate surface area is 199 Å². The average molecular weight is 831 g/mol. The molecule has 0 aliphatic carbocycles. The van der Waals surface area contributed by atoms with E-state index in [0.29, 0.717) is 17.9 Å². The Hall–Kier alpha value is 1.12. The predicted octanol–water partition coefficient (Wildman–Crippen LogP) is 4.23. The van der Waals surface area contributed by atoms with E-state index >= 15 is 0 Å². The van der Waals surface area contributed by atoms with Crippen LogP contribution in [0, 0.1) is 0 Å². The van der Waals surface area contributed by atoms with E-state index in [1.54, 1.807) is 0 Å². The summed E-state index contributed by atoms with van der Waals surface area (Å²) < 4.78 is 65.5. The molecule has 25 heavy (non-hydrogen) atoms. The van der Waals surface area contributed by atoms with Crippen molar-refractivity contribution < 1.29 is 53.6 Å². The smallest absolute Gasteiger partial charge is 0.744 e. The third-order valence-corrected chi connectivity index (χ3v) is 7.78. The van der Waals surface area contributed by atoms with Gasteiger partial charge in [-0.3, -0.25) is 0 Å². The summed E-state index contributed by atoms with van der Waals surface area (Å²) in [6.07, 6.45) is 0. The number of hydrogen-bond donors (Lipinski definition) is 0. The van der Waals surface area contributed by atoms with E-state index in [-0.39, 0.29) is 37.5 Å². The molecule has 0 N–H and O–H groups in total. The molecule has 0 spiro atoms. The van der Waals surface area contributed by atoms with Crippen molar-refractivity contribution in [2.24, 2.45) is 0 Å². The third-order valence-electron chi connectivity index (χ3n) is 2.36. The normalized spacial score (nSPS) is 11.1. The Balaban J connectivity index is 0.000000443. The summed E-state index contributed by atoms with van der Waals surface area (Å²) in [6.45, 7) is 0. The number of hydrogen-bond acceptors (Lipinski definition) is 6. The van der Waals surface area contributed by atoms with Crippen molar-refractivity contribution in [1.82, 2.24) is 0 Å². The molecule has 0 aromatic heterocycles. The fraction of sp³-hybridized carbons (Fsp3) is 0. The fourth-order valence-corrected chi connectivity index (χ4v) is 3.81. The first-order valence-electron chi connectivity index (χ1n) is 5.64. The molecule has 0 fully saturated rings. The van der Waals surface area contributed by atoms with Crippen molar-refractivity contribution in [1.29, 1.82) is 0 Å².